The molecule has 4 heterocycles. The van der Waals surface area contributed by atoms with Crippen LogP contribution in [-0.4, -0.2) is 37.5 Å². The summed E-state index contributed by atoms with van der Waals surface area (Å²) in [4.78, 5) is 13.6. The number of aliphatic hydroxyl groups is 1. The van der Waals surface area contributed by atoms with Crippen molar-refractivity contribution >= 4 is 11.6 Å². The van der Waals surface area contributed by atoms with Crippen LogP contribution < -0.4 is 10.6 Å². The van der Waals surface area contributed by atoms with Crippen LogP contribution in [-0.2, 0) is 0 Å². The zero-order chi connectivity index (χ0) is 25.1. The van der Waals surface area contributed by atoms with Gasteiger partial charge in [-0.05, 0) is 74.9 Å². The number of nitrogens with one attached hydrogen (secondary N) is 2. The van der Waals surface area contributed by atoms with Crippen LogP contribution in [0.2, 0.25) is 0 Å². The van der Waals surface area contributed by atoms with E-state index in [4.69, 9.17) is 4.98 Å². The minimum absolute atomic E-state index is 0.0640. The number of piperidine rings is 1. The summed E-state index contributed by atoms with van der Waals surface area (Å²) >= 11 is 0. The van der Waals surface area contributed by atoms with Crippen LogP contribution in [0.25, 0.3) is 17.0 Å². The molecule has 0 spiro atoms. The highest BCUT2D eigenvalue weighted by molar-refractivity contribution is 5.68. The number of nitriles is 1. The van der Waals surface area contributed by atoms with E-state index >= 15 is 0 Å². The molecule has 3 aromatic heterocycles. The Labute approximate surface area is 211 Å². The maximum atomic E-state index is 10.7. The van der Waals surface area contributed by atoms with Crippen molar-refractivity contribution in [2.45, 2.75) is 45.3 Å². The van der Waals surface area contributed by atoms with Crippen LogP contribution in [0.4, 0.5) is 5.95 Å². The quantitative estimate of drug-likeness (QED) is 0.355. The van der Waals surface area contributed by atoms with E-state index in [9.17, 15) is 10.4 Å². The van der Waals surface area contributed by atoms with Gasteiger partial charge in [-0.1, -0.05) is 30.3 Å². The number of pyridine rings is 1. The fourth-order valence-electron chi connectivity index (χ4n) is 4.91. The highest BCUT2D eigenvalue weighted by Gasteiger charge is 2.19. The monoisotopic (exact) mass is 481 g/mol. The lowest BCUT2D eigenvalue weighted by atomic mass is 9.89. The summed E-state index contributed by atoms with van der Waals surface area (Å²) in [7, 11) is 0. The molecule has 2 atom stereocenters. The lowest BCUT2D eigenvalue weighted by Gasteiger charge is -2.25. The molecule has 1 unspecified atom stereocenters. The normalized spacial score (nSPS) is 15.9. The first kappa shape index (κ1) is 23.9. The number of hydrogen-bond acceptors (Lipinski definition) is 7. The van der Waals surface area contributed by atoms with Crippen LogP contribution in [0, 0.1) is 24.2 Å². The third kappa shape index (κ3) is 4.94. The Hall–Kier alpha value is -3.80. The molecule has 0 saturated carbocycles. The zero-order valence-corrected chi connectivity index (χ0v) is 20.6. The molecule has 36 heavy (non-hydrogen) atoms. The van der Waals surface area contributed by atoms with Crippen molar-refractivity contribution in [3.05, 3.63) is 77.2 Å². The molecule has 0 aliphatic carbocycles. The summed E-state index contributed by atoms with van der Waals surface area (Å²) in [6.45, 7) is 6.12. The number of anilines is 1. The van der Waals surface area contributed by atoms with E-state index in [-0.39, 0.29) is 6.04 Å². The van der Waals surface area contributed by atoms with Gasteiger partial charge in [-0.25, -0.2) is 15.0 Å². The number of aromatic nitrogens is 4. The summed E-state index contributed by atoms with van der Waals surface area (Å²) in [5, 5.41) is 27.1. The standard InChI is InChI=1S/C28H31N7O/c1-18-4-3-13-35-24(17-31-27(18)35)26-23(15-29)16-32-28(34-26)33-19(2)21-5-7-22(8-6-21)25(36)14-20-9-11-30-12-10-20/h3-8,13,16-17,19-20,25,30,36H,9-12,14H2,1-2H3,(H,32,33,34)/t19-,25?/m0/s1. The zero-order valence-electron chi connectivity index (χ0n) is 20.6. The van der Waals surface area contributed by atoms with E-state index in [1.807, 2.05) is 60.8 Å². The Balaban J connectivity index is 1.32. The first-order valence-electron chi connectivity index (χ1n) is 12.5. The first-order chi connectivity index (χ1) is 17.5. The number of hydrogen-bond donors (Lipinski definition) is 3. The summed E-state index contributed by atoms with van der Waals surface area (Å²) in [5.41, 5.74) is 5.57. The van der Waals surface area contributed by atoms with Crippen molar-refractivity contribution in [2.75, 3.05) is 18.4 Å². The van der Waals surface area contributed by atoms with Crippen molar-refractivity contribution in [1.29, 1.82) is 5.26 Å². The number of rotatable bonds is 7. The van der Waals surface area contributed by atoms with E-state index in [1.54, 1.807) is 12.4 Å². The maximum Gasteiger partial charge on any atom is 0.223 e. The molecular weight excluding hydrogens is 450 g/mol. The van der Waals surface area contributed by atoms with Gasteiger partial charge < -0.3 is 15.7 Å². The van der Waals surface area contributed by atoms with Gasteiger partial charge in [0.2, 0.25) is 5.95 Å². The molecule has 184 valence electrons. The Morgan fingerprint density at radius 3 is 2.64 bits per heavy atom. The molecule has 0 bridgehead atoms. The summed E-state index contributed by atoms with van der Waals surface area (Å²) in [6, 6.07) is 14.2. The molecule has 1 aliphatic rings. The third-order valence-corrected chi connectivity index (χ3v) is 7.06. The highest BCUT2D eigenvalue weighted by atomic mass is 16.3. The lowest BCUT2D eigenvalue weighted by Crippen LogP contribution is -2.28. The SMILES string of the molecule is Cc1cccn2c(-c3nc(N[C@@H](C)c4ccc(C(O)CC5CCNCC5)cc4)ncc3C#N)cnc12. The number of aryl methyl sites for hydroxylation is 1. The molecule has 5 rings (SSSR count). The van der Waals surface area contributed by atoms with Crippen LogP contribution in [0.5, 0.6) is 0 Å². The summed E-state index contributed by atoms with van der Waals surface area (Å²) in [5.74, 6) is 1.01. The topological polar surface area (TPSA) is 111 Å². The van der Waals surface area contributed by atoms with Gasteiger partial charge in [0.1, 0.15) is 17.4 Å². The van der Waals surface area contributed by atoms with Gasteiger partial charge in [-0.3, -0.25) is 4.40 Å². The highest BCUT2D eigenvalue weighted by Crippen LogP contribution is 2.29. The molecule has 1 fully saturated rings. The number of imidazole rings is 1. The molecule has 0 amide bonds. The Morgan fingerprint density at radius 1 is 1.14 bits per heavy atom. The van der Waals surface area contributed by atoms with Crippen LogP contribution in [0.15, 0.2) is 55.0 Å². The van der Waals surface area contributed by atoms with Gasteiger partial charge >= 0.3 is 0 Å². The second-order valence-corrected chi connectivity index (χ2v) is 9.57. The molecule has 8 nitrogen and oxygen atoms in total. The predicted molar refractivity (Wildman–Crippen MR) is 139 cm³/mol. The van der Waals surface area contributed by atoms with Gasteiger partial charge in [-0.2, -0.15) is 5.26 Å². The molecule has 0 radical (unpaired) electrons. The fourth-order valence-corrected chi connectivity index (χ4v) is 4.91. The van der Waals surface area contributed by atoms with Crippen molar-refractivity contribution in [3.8, 4) is 17.5 Å². The van der Waals surface area contributed by atoms with E-state index in [0.29, 0.717) is 23.1 Å². The van der Waals surface area contributed by atoms with E-state index < -0.39 is 6.10 Å². The van der Waals surface area contributed by atoms with Gasteiger partial charge in [0.25, 0.3) is 0 Å². The number of nitrogens with zero attached hydrogens (tertiary/aromatic N) is 5. The number of fused-ring (bicyclic) bond motifs is 1. The molecule has 8 heteroatoms. The van der Waals surface area contributed by atoms with Crippen LogP contribution in [0.3, 0.4) is 0 Å². The predicted octanol–water partition coefficient (Wildman–Crippen LogP) is 4.57. The molecule has 3 N–H and O–H groups in total. The molecular formula is C28H31N7O. The molecule has 1 aliphatic heterocycles. The largest absolute Gasteiger partial charge is 0.388 e. The second kappa shape index (κ2) is 10.4. The van der Waals surface area contributed by atoms with Crippen LogP contribution in [0.1, 0.15) is 60.6 Å². The summed E-state index contributed by atoms with van der Waals surface area (Å²) < 4.78 is 1.94. The van der Waals surface area contributed by atoms with Gasteiger partial charge in [-0.15, -0.1) is 0 Å². The Bertz CT molecular complexity index is 1380. The maximum absolute atomic E-state index is 10.7. The molecule has 1 saturated heterocycles. The van der Waals surface area contributed by atoms with Gasteiger partial charge in [0.15, 0.2) is 0 Å². The number of aliphatic hydroxyl groups excluding tert-OH is 1. The smallest absolute Gasteiger partial charge is 0.223 e. The Morgan fingerprint density at radius 2 is 1.89 bits per heavy atom. The lowest BCUT2D eigenvalue weighted by molar-refractivity contribution is 0.133. The van der Waals surface area contributed by atoms with Gasteiger partial charge in [0.05, 0.1) is 35.8 Å². The van der Waals surface area contributed by atoms with Crippen molar-refractivity contribution in [3.63, 3.8) is 0 Å². The number of benzene rings is 1. The first-order valence-corrected chi connectivity index (χ1v) is 12.5. The minimum atomic E-state index is -0.441. The van der Waals surface area contributed by atoms with E-state index in [0.717, 1.165) is 60.4 Å². The van der Waals surface area contributed by atoms with E-state index in [1.165, 1.54) is 0 Å². The molecule has 1 aromatic carbocycles. The second-order valence-electron chi connectivity index (χ2n) is 9.57. The summed E-state index contributed by atoms with van der Waals surface area (Å²) in [6.07, 6.45) is 7.82. The Kier molecular flexibility index (Phi) is 6.94. The van der Waals surface area contributed by atoms with Crippen molar-refractivity contribution < 1.29 is 5.11 Å². The molecule has 4 aromatic rings. The average molecular weight is 482 g/mol. The average Bonchev–Trinajstić information content (AvgIpc) is 3.35. The van der Waals surface area contributed by atoms with Crippen molar-refractivity contribution in [2.24, 2.45) is 5.92 Å². The van der Waals surface area contributed by atoms with E-state index in [2.05, 4.69) is 26.7 Å². The van der Waals surface area contributed by atoms with Crippen molar-refractivity contribution in [1.82, 2.24) is 24.7 Å². The third-order valence-electron chi connectivity index (χ3n) is 7.06. The minimum Gasteiger partial charge on any atom is -0.388 e. The van der Waals surface area contributed by atoms with Crippen LogP contribution >= 0.6 is 0 Å². The fraction of sp³-hybridized carbons (Fsp3) is 0.357. The van der Waals surface area contributed by atoms with Gasteiger partial charge in [0, 0.05) is 6.20 Å².